The first-order valence-corrected chi connectivity index (χ1v) is 8.57. The summed E-state index contributed by atoms with van der Waals surface area (Å²) in [6, 6.07) is 7.39. The van der Waals surface area contributed by atoms with E-state index in [2.05, 4.69) is 16.7 Å². The second-order valence-corrected chi connectivity index (χ2v) is 6.99. The number of carbonyl (C=O) groups is 1. The lowest BCUT2D eigenvalue weighted by Crippen LogP contribution is -2.70. The van der Waals surface area contributed by atoms with Gasteiger partial charge in [-0.1, -0.05) is 34.7 Å². The van der Waals surface area contributed by atoms with Crippen molar-refractivity contribution in [3.63, 3.8) is 0 Å². The fourth-order valence-electron chi connectivity index (χ4n) is 3.07. The van der Waals surface area contributed by atoms with Crippen LogP contribution in [0.15, 0.2) is 46.9 Å². The molecule has 1 N–H and O–H groups in total. The highest BCUT2D eigenvalue weighted by molar-refractivity contribution is 7.99. The lowest BCUT2D eigenvalue weighted by Gasteiger charge is -2.36. The van der Waals surface area contributed by atoms with E-state index in [-0.39, 0.29) is 11.5 Å². The first-order chi connectivity index (χ1) is 11.4. The third-order valence-electron chi connectivity index (χ3n) is 3.96. The molecule has 0 spiro atoms. The number of hydrogen-bond acceptors (Lipinski definition) is 4. The number of carbonyl (C=O) groups excluding carboxylic acids is 1. The van der Waals surface area contributed by atoms with Gasteiger partial charge in [-0.15, -0.1) is 6.58 Å². The molecule has 1 aromatic carbocycles. The fourth-order valence-corrected chi connectivity index (χ4v) is 3.65. The lowest BCUT2D eigenvalue weighted by atomic mass is 10.00. The fraction of sp³-hybridized carbons (Fsp3) is 0.294. The van der Waals surface area contributed by atoms with Crippen LogP contribution in [0, 0.1) is 0 Å². The van der Waals surface area contributed by atoms with E-state index in [1.807, 2.05) is 38.1 Å². The van der Waals surface area contributed by atoms with Gasteiger partial charge in [0.05, 0.1) is 11.3 Å². The molecule has 0 saturated carbocycles. The standard InChI is InChI=1S/C17H18N4O2S/c1-5-10-24-16-18-15(23)14-12-8-6-7-9-13(12)20(11(2)22)17(3,4)21(14)19-16/h5-9H,1,10H2,2-4H3/p+1. The first kappa shape index (κ1) is 16.4. The summed E-state index contributed by atoms with van der Waals surface area (Å²) in [4.78, 5) is 29.5. The third-order valence-corrected chi connectivity index (χ3v) is 4.82. The highest BCUT2D eigenvalue weighted by Crippen LogP contribution is 2.36. The molecular formula is C17H19N4O2S+. The van der Waals surface area contributed by atoms with E-state index in [9.17, 15) is 9.59 Å². The maximum absolute atomic E-state index is 12.7. The molecule has 1 aromatic heterocycles. The summed E-state index contributed by atoms with van der Waals surface area (Å²) >= 11 is 1.39. The number of aromatic nitrogens is 3. The Morgan fingerprint density at radius 2 is 2.17 bits per heavy atom. The van der Waals surface area contributed by atoms with E-state index in [0.717, 1.165) is 0 Å². The average molecular weight is 343 g/mol. The Bertz CT molecular complexity index is 888. The van der Waals surface area contributed by atoms with Gasteiger partial charge in [0.1, 0.15) is 0 Å². The summed E-state index contributed by atoms with van der Waals surface area (Å²) < 4.78 is 1.64. The number of hydrogen-bond donors (Lipinski definition) is 1. The zero-order valence-electron chi connectivity index (χ0n) is 13.9. The molecule has 1 amide bonds. The Labute approximate surface area is 144 Å². The molecule has 2 aromatic rings. The van der Waals surface area contributed by atoms with Crippen LogP contribution in [0.4, 0.5) is 5.69 Å². The summed E-state index contributed by atoms with van der Waals surface area (Å²) in [6.07, 6.45) is 1.75. The van der Waals surface area contributed by atoms with Crippen LogP contribution in [-0.4, -0.2) is 21.7 Å². The smallest absolute Gasteiger partial charge is 0.291 e. The minimum Gasteiger partial charge on any atom is -0.291 e. The number of nitrogens with zero attached hydrogens (tertiary/aromatic N) is 3. The number of thioether (sulfide) groups is 1. The molecule has 0 fully saturated rings. The average Bonchev–Trinajstić information content (AvgIpc) is 2.52. The van der Waals surface area contributed by atoms with Crippen molar-refractivity contribution in [3.8, 4) is 11.3 Å². The van der Waals surface area contributed by atoms with Crippen LogP contribution in [0.25, 0.3) is 11.3 Å². The van der Waals surface area contributed by atoms with Crippen LogP contribution in [0.5, 0.6) is 0 Å². The van der Waals surface area contributed by atoms with Crippen molar-refractivity contribution >= 4 is 23.4 Å². The summed E-state index contributed by atoms with van der Waals surface area (Å²) in [6.45, 7) is 8.95. The SMILES string of the molecule is C=CCSc1n[n+]2c(c(=O)[nH]1)-c1ccccc1N(C(C)=O)C2(C)C. The highest BCUT2D eigenvalue weighted by Gasteiger charge is 2.50. The van der Waals surface area contributed by atoms with Crippen LogP contribution in [0.3, 0.4) is 0 Å². The highest BCUT2D eigenvalue weighted by atomic mass is 32.2. The van der Waals surface area contributed by atoms with Crippen molar-refractivity contribution in [3.05, 3.63) is 47.3 Å². The minimum absolute atomic E-state index is 0.104. The van der Waals surface area contributed by atoms with Crippen molar-refractivity contribution in [1.82, 2.24) is 10.1 Å². The van der Waals surface area contributed by atoms with Crippen LogP contribution in [-0.2, 0) is 10.5 Å². The molecule has 7 heteroatoms. The van der Waals surface area contributed by atoms with Crippen molar-refractivity contribution in [2.24, 2.45) is 0 Å². The molecule has 0 unspecified atom stereocenters. The van der Waals surface area contributed by atoms with Crippen LogP contribution < -0.4 is 15.1 Å². The Hall–Kier alpha value is -2.41. The van der Waals surface area contributed by atoms with Crippen LogP contribution in [0.2, 0.25) is 0 Å². The number of benzene rings is 1. The van der Waals surface area contributed by atoms with Crippen LogP contribution >= 0.6 is 11.8 Å². The molecule has 0 radical (unpaired) electrons. The third kappa shape index (κ3) is 2.45. The van der Waals surface area contributed by atoms with Crippen molar-refractivity contribution in [2.75, 3.05) is 10.7 Å². The molecule has 0 bridgehead atoms. The van der Waals surface area contributed by atoms with Gasteiger partial charge in [0.25, 0.3) is 5.66 Å². The largest absolute Gasteiger partial charge is 0.325 e. The number of amides is 1. The molecule has 24 heavy (non-hydrogen) atoms. The second kappa shape index (κ2) is 5.90. The Balaban J connectivity index is 2.32. The second-order valence-electron chi connectivity index (χ2n) is 5.99. The predicted molar refractivity (Wildman–Crippen MR) is 93.9 cm³/mol. The number of H-pyrrole nitrogens is 1. The number of para-hydroxylation sites is 1. The van der Waals surface area contributed by atoms with E-state index >= 15 is 0 Å². The first-order valence-electron chi connectivity index (χ1n) is 7.59. The molecule has 0 atom stereocenters. The lowest BCUT2D eigenvalue weighted by molar-refractivity contribution is -0.803. The van der Waals surface area contributed by atoms with E-state index in [1.165, 1.54) is 18.7 Å². The number of nitrogens with one attached hydrogen (secondary N) is 1. The molecule has 124 valence electrons. The summed E-state index contributed by atoms with van der Waals surface area (Å²) in [5.41, 5.74) is 0.846. The minimum atomic E-state index is -0.798. The number of rotatable bonds is 3. The van der Waals surface area contributed by atoms with Gasteiger partial charge in [-0.05, 0) is 12.1 Å². The van der Waals surface area contributed by atoms with E-state index in [1.54, 1.807) is 15.7 Å². The zero-order valence-corrected chi connectivity index (χ0v) is 14.7. The Kier molecular flexibility index (Phi) is 4.04. The maximum atomic E-state index is 12.7. The number of anilines is 1. The molecule has 0 saturated heterocycles. The van der Waals surface area contributed by atoms with Crippen LogP contribution in [0.1, 0.15) is 20.8 Å². The van der Waals surface area contributed by atoms with Crippen molar-refractivity contribution in [2.45, 2.75) is 31.6 Å². The predicted octanol–water partition coefficient (Wildman–Crippen LogP) is 2.06. The normalized spacial score (nSPS) is 14.7. The Morgan fingerprint density at radius 3 is 2.83 bits per heavy atom. The van der Waals surface area contributed by atoms with Crippen molar-refractivity contribution < 1.29 is 9.48 Å². The summed E-state index contributed by atoms with van der Waals surface area (Å²) in [5.74, 6) is 0.531. The summed E-state index contributed by atoms with van der Waals surface area (Å²) in [5, 5.41) is 5.08. The van der Waals surface area contributed by atoms with E-state index in [0.29, 0.717) is 27.9 Å². The quantitative estimate of drug-likeness (QED) is 0.526. The maximum Gasteiger partial charge on any atom is 0.325 e. The summed E-state index contributed by atoms with van der Waals surface area (Å²) in [7, 11) is 0. The van der Waals surface area contributed by atoms with Gasteiger partial charge in [-0.25, -0.2) is 4.90 Å². The Morgan fingerprint density at radius 1 is 1.46 bits per heavy atom. The van der Waals surface area contributed by atoms with Gasteiger partial charge in [0, 0.05) is 31.6 Å². The molecular weight excluding hydrogens is 324 g/mol. The van der Waals surface area contributed by atoms with Gasteiger partial charge < -0.3 is 0 Å². The van der Waals surface area contributed by atoms with Gasteiger partial charge in [0.15, 0.2) is 0 Å². The molecule has 1 aliphatic rings. The molecule has 2 heterocycles. The van der Waals surface area contributed by atoms with Crippen molar-refractivity contribution in [1.29, 1.82) is 0 Å². The van der Waals surface area contributed by atoms with Gasteiger partial charge in [-0.2, -0.15) is 0 Å². The zero-order chi connectivity index (χ0) is 17.5. The topological polar surface area (TPSA) is 69.9 Å². The molecule has 0 aliphatic carbocycles. The number of fused-ring (bicyclic) bond motifs is 3. The van der Waals surface area contributed by atoms with Gasteiger partial charge in [0.2, 0.25) is 11.1 Å². The number of aromatic amines is 1. The van der Waals surface area contributed by atoms with Gasteiger partial charge in [-0.3, -0.25) is 14.6 Å². The van der Waals surface area contributed by atoms with Gasteiger partial charge >= 0.3 is 11.3 Å². The molecule has 1 aliphatic heterocycles. The molecule has 3 rings (SSSR count). The molecule has 6 nitrogen and oxygen atoms in total. The van der Waals surface area contributed by atoms with E-state index in [4.69, 9.17) is 0 Å². The monoisotopic (exact) mass is 343 g/mol. The van der Waals surface area contributed by atoms with E-state index < -0.39 is 5.66 Å².